The van der Waals surface area contributed by atoms with Crippen LogP contribution in [0.3, 0.4) is 0 Å². The summed E-state index contributed by atoms with van der Waals surface area (Å²) in [7, 11) is 3.13. The molecule has 0 radical (unpaired) electrons. The van der Waals surface area contributed by atoms with Crippen LogP contribution in [-0.4, -0.2) is 45.8 Å². The van der Waals surface area contributed by atoms with Gasteiger partial charge in [-0.05, 0) is 44.4 Å². The van der Waals surface area contributed by atoms with Gasteiger partial charge in [0, 0.05) is 35.9 Å². The Morgan fingerprint density at radius 3 is 2.60 bits per heavy atom. The van der Waals surface area contributed by atoms with Crippen molar-refractivity contribution in [3.63, 3.8) is 0 Å². The van der Waals surface area contributed by atoms with Crippen LogP contribution in [0, 0.1) is 0 Å². The molecular formula is C23H29NO6. The number of benzene rings is 1. The van der Waals surface area contributed by atoms with Crippen molar-refractivity contribution in [1.82, 2.24) is 5.32 Å². The maximum Gasteiger partial charge on any atom is 0.336 e. The first-order chi connectivity index (χ1) is 14.5. The van der Waals surface area contributed by atoms with E-state index in [0.29, 0.717) is 48.0 Å². The van der Waals surface area contributed by atoms with Gasteiger partial charge in [0.25, 0.3) is 0 Å². The van der Waals surface area contributed by atoms with Crippen molar-refractivity contribution in [1.29, 1.82) is 0 Å². The zero-order valence-corrected chi connectivity index (χ0v) is 18.0. The van der Waals surface area contributed by atoms with E-state index in [1.165, 1.54) is 0 Å². The molecule has 1 N–H and O–H groups in total. The summed E-state index contributed by atoms with van der Waals surface area (Å²) < 4.78 is 21.5. The van der Waals surface area contributed by atoms with Gasteiger partial charge < -0.3 is 24.3 Å². The number of allylic oxidation sites excluding steroid dienone is 3. The van der Waals surface area contributed by atoms with E-state index in [9.17, 15) is 9.59 Å². The van der Waals surface area contributed by atoms with Gasteiger partial charge in [-0.15, -0.1) is 0 Å². The molecule has 0 spiro atoms. The summed E-state index contributed by atoms with van der Waals surface area (Å²) in [6.45, 7) is 4.77. The van der Waals surface area contributed by atoms with Crippen LogP contribution in [0.4, 0.5) is 0 Å². The van der Waals surface area contributed by atoms with Crippen LogP contribution in [0.2, 0.25) is 0 Å². The Morgan fingerprint density at radius 1 is 1.13 bits per heavy atom. The van der Waals surface area contributed by atoms with Crippen LogP contribution >= 0.6 is 0 Å². The van der Waals surface area contributed by atoms with Crippen molar-refractivity contribution in [2.45, 2.75) is 39.0 Å². The van der Waals surface area contributed by atoms with Gasteiger partial charge in [0.05, 0.1) is 26.4 Å². The summed E-state index contributed by atoms with van der Waals surface area (Å²) in [4.78, 5) is 26.0. The third-order valence-corrected chi connectivity index (χ3v) is 5.40. The molecule has 1 heterocycles. The normalized spacial score (nSPS) is 18.7. The molecule has 162 valence electrons. The van der Waals surface area contributed by atoms with Crippen LogP contribution in [0.25, 0.3) is 0 Å². The number of methoxy groups -OCH3 is 2. The number of ether oxygens (including phenoxy) is 4. The Morgan fingerprint density at radius 2 is 1.90 bits per heavy atom. The maximum absolute atomic E-state index is 13.0. The summed E-state index contributed by atoms with van der Waals surface area (Å²) in [6.07, 6.45) is 2.04. The molecule has 0 fully saturated rings. The molecule has 2 aliphatic rings. The molecule has 30 heavy (non-hydrogen) atoms. The standard InChI is InChI=1S/C23H29NO6/c1-5-29-11-12-30-23(26)20-14(2)24-16-7-6-8-17(25)22(16)21(20)15-9-10-18(27-3)19(13-15)28-4/h9-10,13,21,24H,5-8,11-12H2,1-4H3/t21-/m0/s1. The highest BCUT2D eigenvalue weighted by Crippen LogP contribution is 2.44. The molecule has 3 rings (SSSR count). The number of esters is 1. The molecule has 0 saturated carbocycles. The molecule has 7 heteroatoms. The Kier molecular flexibility index (Phi) is 7.15. The third-order valence-electron chi connectivity index (χ3n) is 5.40. The fourth-order valence-electron chi connectivity index (χ4n) is 4.03. The van der Waals surface area contributed by atoms with Gasteiger partial charge in [-0.25, -0.2) is 4.79 Å². The first-order valence-electron chi connectivity index (χ1n) is 10.2. The van der Waals surface area contributed by atoms with Crippen LogP contribution in [0.1, 0.15) is 44.6 Å². The van der Waals surface area contributed by atoms with Crippen LogP contribution in [0.15, 0.2) is 40.7 Å². The summed E-state index contributed by atoms with van der Waals surface area (Å²) in [5.74, 6) is 0.204. The molecule has 0 unspecified atom stereocenters. The molecule has 1 aromatic carbocycles. The minimum atomic E-state index is -0.520. The molecular weight excluding hydrogens is 386 g/mol. The van der Waals surface area contributed by atoms with E-state index in [-0.39, 0.29) is 12.4 Å². The van der Waals surface area contributed by atoms with E-state index in [2.05, 4.69) is 5.32 Å². The second kappa shape index (κ2) is 9.80. The van der Waals surface area contributed by atoms with Gasteiger partial charge in [0.1, 0.15) is 6.61 Å². The SMILES string of the molecule is CCOCCOC(=O)C1=C(C)NC2=C(C(=O)CCC2)[C@H]1c1ccc(OC)c(OC)c1. The quantitative estimate of drug-likeness (QED) is 0.515. The van der Waals surface area contributed by atoms with Gasteiger partial charge in [-0.2, -0.15) is 0 Å². The summed E-state index contributed by atoms with van der Waals surface area (Å²) >= 11 is 0. The lowest BCUT2D eigenvalue weighted by Crippen LogP contribution is -2.34. The Balaban J connectivity index is 2.04. The second-order valence-corrected chi connectivity index (χ2v) is 7.21. The van der Waals surface area contributed by atoms with Crippen LogP contribution in [0.5, 0.6) is 11.5 Å². The van der Waals surface area contributed by atoms with E-state index in [1.807, 2.05) is 26.0 Å². The lowest BCUT2D eigenvalue weighted by atomic mass is 9.75. The smallest absolute Gasteiger partial charge is 0.336 e. The van der Waals surface area contributed by atoms with Crippen LogP contribution < -0.4 is 14.8 Å². The van der Waals surface area contributed by atoms with Crippen molar-refractivity contribution in [2.24, 2.45) is 0 Å². The summed E-state index contributed by atoms with van der Waals surface area (Å²) in [5.41, 5.74) is 3.44. The van der Waals surface area contributed by atoms with Crippen molar-refractivity contribution < 1.29 is 28.5 Å². The first kappa shape index (κ1) is 21.9. The van der Waals surface area contributed by atoms with E-state index in [1.54, 1.807) is 20.3 Å². The zero-order valence-electron chi connectivity index (χ0n) is 18.0. The van der Waals surface area contributed by atoms with Gasteiger partial charge in [0.2, 0.25) is 0 Å². The number of carbonyl (C=O) groups excluding carboxylic acids is 2. The molecule has 1 aliphatic heterocycles. The highest BCUT2D eigenvalue weighted by molar-refractivity contribution is 6.03. The van der Waals surface area contributed by atoms with Crippen LogP contribution in [-0.2, 0) is 19.1 Å². The Hall–Kier alpha value is -2.80. The summed E-state index contributed by atoms with van der Waals surface area (Å²) in [6, 6.07) is 5.48. The van der Waals surface area contributed by atoms with Gasteiger partial charge in [-0.3, -0.25) is 4.79 Å². The number of ketones is 1. The molecule has 1 atom stereocenters. The lowest BCUT2D eigenvalue weighted by Gasteiger charge is -2.34. The molecule has 1 aromatic rings. The minimum absolute atomic E-state index is 0.0515. The second-order valence-electron chi connectivity index (χ2n) is 7.21. The molecule has 7 nitrogen and oxygen atoms in total. The number of rotatable bonds is 8. The number of nitrogens with one attached hydrogen (secondary N) is 1. The number of dihydropyridines is 1. The maximum atomic E-state index is 13.0. The highest BCUT2D eigenvalue weighted by atomic mass is 16.6. The predicted octanol–water partition coefficient (Wildman–Crippen LogP) is 3.25. The van der Waals surface area contributed by atoms with Crippen molar-refractivity contribution in [2.75, 3.05) is 34.0 Å². The monoisotopic (exact) mass is 415 g/mol. The largest absolute Gasteiger partial charge is 0.493 e. The molecule has 0 saturated heterocycles. The van der Waals surface area contributed by atoms with E-state index in [4.69, 9.17) is 18.9 Å². The van der Waals surface area contributed by atoms with Crippen molar-refractivity contribution in [3.05, 3.63) is 46.3 Å². The number of carbonyl (C=O) groups is 2. The minimum Gasteiger partial charge on any atom is -0.493 e. The van der Waals surface area contributed by atoms with E-state index in [0.717, 1.165) is 24.1 Å². The Bertz CT molecular complexity index is 886. The number of hydrogen-bond acceptors (Lipinski definition) is 7. The molecule has 0 aromatic heterocycles. The average Bonchev–Trinajstić information content (AvgIpc) is 2.75. The lowest BCUT2D eigenvalue weighted by molar-refractivity contribution is -0.140. The number of hydrogen-bond donors (Lipinski definition) is 1. The topological polar surface area (TPSA) is 83.1 Å². The third kappa shape index (κ3) is 4.36. The predicted molar refractivity (Wildman–Crippen MR) is 111 cm³/mol. The van der Waals surface area contributed by atoms with Crippen molar-refractivity contribution >= 4 is 11.8 Å². The summed E-state index contributed by atoms with van der Waals surface area (Å²) in [5, 5.41) is 3.28. The molecule has 0 bridgehead atoms. The Labute approximate surface area is 177 Å². The van der Waals surface area contributed by atoms with Gasteiger partial charge in [-0.1, -0.05) is 6.07 Å². The van der Waals surface area contributed by atoms with E-state index < -0.39 is 11.9 Å². The first-order valence-corrected chi connectivity index (χ1v) is 10.2. The molecule has 1 aliphatic carbocycles. The van der Waals surface area contributed by atoms with E-state index >= 15 is 0 Å². The zero-order chi connectivity index (χ0) is 21.7. The fourth-order valence-corrected chi connectivity index (χ4v) is 4.03. The van der Waals surface area contributed by atoms with Crippen molar-refractivity contribution in [3.8, 4) is 11.5 Å². The molecule has 0 amide bonds. The van der Waals surface area contributed by atoms with Gasteiger partial charge in [0.15, 0.2) is 17.3 Å². The number of Topliss-reactive ketones (excluding diaryl/α,β-unsaturated/α-hetero) is 1. The highest BCUT2D eigenvalue weighted by Gasteiger charge is 2.39. The van der Waals surface area contributed by atoms with Gasteiger partial charge >= 0.3 is 5.97 Å². The average molecular weight is 415 g/mol. The fraction of sp³-hybridized carbons (Fsp3) is 0.478.